The van der Waals surface area contributed by atoms with Gasteiger partial charge in [0.25, 0.3) is 0 Å². The molecule has 2 aromatic rings. The molecule has 0 bridgehead atoms. The summed E-state index contributed by atoms with van der Waals surface area (Å²) < 4.78 is 25.0. The summed E-state index contributed by atoms with van der Waals surface area (Å²) in [6, 6.07) is 4.39. The van der Waals surface area contributed by atoms with E-state index in [0.29, 0.717) is 18.1 Å². The van der Waals surface area contributed by atoms with Crippen molar-refractivity contribution in [3.8, 4) is 11.5 Å². The number of hydrogen-bond donors (Lipinski definition) is 0. The fourth-order valence-electron chi connectivity index (χ4n) is 2.87. The number of aromatic nitrogens is 2. The molecule has 0 radical (unpaired) electrons. The highest BCUT2D eigenvalue weighted by Gasteiger charge is 2.23. The van der Waals surface area contributed by atoms with Gasteiger partial charge in [-0.1, -0.05) is 0 Å². The van der Waals surface area contributed by atoms with E-state index in [2.05, 4.69) is 14.9 Å². The number of hydrogen-bond acceptors (Lipinski definition) is 5. The Kier molecular flexibility index (Phi) is 5.13. The summed E-state index contributed by atoms with van der Waals surface area (Å²) in [5.41, 5.74) is 0.896. The monoisotopic (exact) mass is 331 g/mol. The molecule has 1 aliphatic heterocycles. The third kappa shape index (κ3) is 3.93. The Morgan fingerprint density at radius 1 is 1.29 bits per heavy atom. The standard InChI is InChI=1S/C18H22FN3O2/c1-3-23-17-9-14(19)6-7-16(17)24-15-5-4-8-22(12-15)18-11-20-10-13(2)21-18/h6-7,9-11,15H,3-5,8,12H2,1-2H3. The van der Waals surface area contributed by atoms with Crippen molar-refractivity contribution in [1.82, 2.24) is 9.97 Å². The molecule has 5 nitrogen and oxygen atoms in total. The van der Waals surface area contributed by atoms with E-state index in [4.69, 9.17) is 9.47 Å². The Morgan fingerprint density at radius 2 is 2.17 bits per heavy atom. The van der Waals surface area contributed by atoms with Crippen molar-refractivity contribution in [2.24, 2.45) is 0 Å². The number of anilines is 1. The number of piperidine rings is 1. The first kappa shape index (κ1) is 16.5. The summed E-state index contributed by atoms with van der Waals surface area (Å²) in [6.07, 6.45) is 5.47. The first-order valence-corrected chi connectivity index (χ1v) is 8.28. The van der Waals surface area contributed by atoms with Gasteiger partial charge in [-0.15, -0.1) is 0 Å². The highest BCUT2D eigenvalue weighted by Crippen LogP contribution is 2.30. The Bertz CT molecular complexity index is 696. The maximum Gasteiger partial charge on any atom is 0.164 e. The summed E-state index contributed by atoms with van der Waals surface area (Å²) in [4.78, 5) is 10.9. The number of halogens is 1. The summed E-state index contributed by atoms with van der Waals surface area (Å²) in [5.74, 6) is 1.57. The van der Waals surface area contributed by atoms with Crippen LogP contribution in [0.2, 0.25) is 0 Å². The second kappa shape index (κ2) is 7.47. The lowest BCUT2D eigenvalue weighted by Crippen LogP contribution is -2.41. The van der Waals surface area contributed by atoms with Crippen LogP contribution in [0.5, 0.6) is 11.5 Å². The molecule has 0 amide bonds. The van der Waals surface area contributed by atoms with Gasteiger partial charge in [-0.2, -0.15) is 0 Å². The van der Waals surface area contributed by atoms with E-state index in [1.165, 1.54) is 12.1 Å². The molecule has 1 fully saturated rings. The molecular formula is C18H22FN3O2. The number of rotatable bonds is 5. The largest absolute Gasteiger partial charge is 0.490 e. The third-order valence-electron chi connectivity index (χ3n) is 3.94. The van der Waals surface area contributed by atoms with E-state index in [1.807, 2.05) is 13.8 Å². The molecule has 1 aromatic carbocycles. The van der Waals surface area contributed by atoms with E-state index in [9.17, 15) is 4.39 Å². The molecule has 0 N–H and O–H groups in total. The first-order chi connectivity index (χ1) is 11.7. The molecule has 1 aromatic heterocycles. The average molecular weight is 331 g/mol. The van der Waals surface area contributed by atoms with Crippen LogP contribution in [-0.4, -0.2) is 35.8 Å². The molecule has 1 aliphatic rings. The van der Waals surface area contributed by atoms with Crippen LogP contribution < -0.4 is 14.4 Å². The fraction of sp³-hybridized carbons (Fsp3) is 0.444. The SMILES string of the molecule is CCOc1cc(F)ccc1OC1CCCN(c2cncc(C)n2)C1. The zero-order valence-electron chi connectivity index (χ0n) is 14.0. The minimum absolute atomic E-state index is 0.00531. The fourth-order valence-corrected chi connectivity index (χ4v) is 2.87. The predicted octanol–water partition coefficient (Wildman–Crippen LogP) is 3.37. The summed E-state index contributed by atoms with van der Waals surface area (Å²) in [6.45, 7) is 5.92. The Hall–Kier alpha value is -2.37. The van der Waals surface area contributed by atoms with Gasteiger partial charge in [-0.25, -0.2) is 9.37 Å². The molecule has 24 heavy (non-hydrogen) atoms. The molecule has 0 spiro atoms. The maximum atomic E-state index is 13.4. The van der Waals surface area contributed by atoms with Gasteiger partial charge >= 0.3 is 0 Å². The van der Waals surface area contributed by atoms with Crippen molar-refractivity contribution in [3.63, 3.8) is 0 Å². The van der Waals surface area contributed by atoms with Gasteiger partial charge in [-0.05, 0) is 38.8 Å². The minimum Gasteiger partial charge on any atom is -0.490 e. The smallest absolute Gasteiger partial charge is 0.164 e. The summed E-state index contributed by atoms with van der Waals surface area (Å²) in [5, 5.41) is 0. The highest BCUT2D eigenvalue weighted by atomic mass is 19.1. The zero-order valence-corrected chi connectivity index (χ0v) is 14.0. The molecular weight excluding hydrogens is 309 g/mol. The maximum absolute atomic E-state index is 13.4. The summed E-state index contributed by atoms with van der Waals surface area (Å²) in [7, 11) is 0. The quantitative estimate of drug-likeness (QED) is 0.841. The van der Waals surface area contributed by atoms with Crippen LogP contribution in [0.3, 0.4) is 0 Å². The van der Waals surface area contributed by atoms with Crippen LogP contribution in [-0.2, 0) is 0 Å². The van der Waals surface area contributed by atoms with Gasteiger partial charge in [-0.3, -0.25) is 4.98 Å². The van der Waals surface area contributed by atoms with Gasteiger partial charge in [0.15, 0.2) is 11.5 Å². The lowest BCUT2D eigenvalue weighted by atomic mass is 10.1. The lowest BCUT2D eigenvalue weighted by Gasteiger charge is -2.33. The van der Waals surface area contributed by atoms with Crippen molar-refractivity contribution >= 4 is 5.82 Å². The van der Waals surface area contributed by atoms with Crippen molar-refractivity contribution in [3.05, 3.63) is 42.1 Å². The van der Waals surface area contributed by atoms with Gasteiger partial charge in [0.05, 0.1) is 25.0 Å². The second-order valence-electron chi connectivity index (χ2n) is 5.87. The van der Waals surface area contributed by atoms with Gasteiger partial charge in [0.2, 0.25) is 0 Å². The average Bonchev–Trinajstić information content (AvgIpc) is 2.58. The number of benzene rings is 1. The van der Waals surface area contributed by atoms with Crippen LogP contribution in [0.15, 0.2) is 30.6 Å². The van der Waals surface area contributed by atoms with Crippen LogP contribution in [0.1, 0.15) is 25.5 Å². The molecule has 0 saturated carbocycles. The van der Waals surface area contributed by atoms with Gasteiger partial charge < -0.3 is 14.4 Å². The molecule has 2 heterocycles. The van der Waals surface area contributed by atoms with Crippen molar-refractivity contribution < 1.29 is 13.9 Å². The molecule has 3 rings (SSSR count). The topological polar surface area (TPSA) is 47.5 Å². The zero-order chi connectivity index (χ0) is 16.9. The van der Waals surface area contributed by atoms with E-state index in [1.54, 1.807) is 18.5 Å². The number of aryl methyl sites for hydroxylation is 1. The highest BCUT2D eigenvalue weighted by molar-refractivity contribution is 5.41. The van der Waals surface area contributed by atoms with Crippen LogP contribution >= 0.6 is 0 Å². The molecule has 6 heteroatoms. The van der Waals surface area contributed by atoms with Crippen LogP contribution in [0.4, 0.5) is 10.2 Å². The Morgan fingerprint density at radius 3 is 2.96 bits per heavy atom. The normalized spacial score (nSPS) is 17.6. The van der Waals surface area contributed by atoms with Crippen molar-refractivity contribution in [1.29, 1.82) is 0 Å². The van der Waals surface area contributed by atoms with E-state index in [-0.39, 0.29) is 11.9 Å². The third-order valence-corrected chi connectivity index (χ3v) is 3.94. The molecule has 1 unspecified atom stereocenters. The summed E-state index contributed by atoms with van der Waals surface area (Å²) >= 11 is 0. The van der Waals surface area contributed by atoms with E-state index in [0.717, 1.165) is 37.4 Å². The minimum atomic E-state index is -0.328. The molecule has 128 valence electrons. The molecule has 0 aliphatic carbocycles. The predicted molar refractivity (Wildman–Crippen MR) is 90.2 cm³/mol. The number of nitrogens with zero attached hydrogens (tertiary/aromatic N) is 3. The van der Waals surface area contributed by atoms with Crippen molar-refractivity contribution in [2.75, 3.05) is 24.6 Å². The Balaban J connectivity index is 1.72. The van der Waals surface area contributed by atoms with Gasteiger partial charge in [0, 0.05) is 18.8 Å². The van der Waals surface area contributed by atoms with Crippen LogP contribution in [0.25, 0.3) is 0 Å². The Labute approximate surface area is 141 Å². The number of ether oxygens (including phenoxy) is 2. The first-order valence-electron chi connectivity index (χ1n) is 8.28. The van der Waals surface area contributed by atoms with Gasteiger partial charge in [0.1, 0.15) is 17.7 Å². The van der Waals surface area contributed by atoms with E-state index >= 15 is 0 Å². The lowest BCUT2D eigenvalue weighted by molar-refractivity contribution is 0.169. The second-order valence-corrected chi connectivity index (χ2v) is 5.87. The van der Waals surface area contributed by atoms with E-state index < -0.39 is 0 Å². The molecule has 1 atom stereocenters. The van der Waals surface area contributed by atoms with Crippen molar-refractivity contribution in [2.45, 2.75) is 32.8 Å². The molecule has 1 saturated heterocycles. The van der Waals surface area contributed by atoms with Crippen LogP contribution in [0, 0.1) is 12.7 Å².